The van der Waals surface area contributed by atoms with Crippen molar-refractivity contribution in [3.63, 3.8) is 0 Å². The summed E-state index contributed by atoms with van der Waals surface area (Å²) in [6, 6.07) is 5.58. The normalized spacial score (nSPS) is 10.7. The molecule has 1 heterocycles. The zero-order chi connectivity index (χ0) is 12.4. The van der Waals surface area contributed by atoms with Crippen molar-refractivity contribution in [1.29, 1.82) is 0 Å². The molecule has 0 bridgehead atoms. The van der Waals surface area contributed by atoms with E-state index in [0.29, 0.717) is 12.1 Å². The Kier molecular flexibility index (Phi) is 2.99. The molecule has 0 atom stereocenters. The number of rotatable bonds is 3. The number of nitrogens with zero attached hydrogens (tertiary/aromatic N) is 1. The first-order valence-electron chi connectivity index (χ1n) is 5.41. The Morgan fingerprint density at radius 2 is 2.24 bits per heavy atom. The summed E-state index contributed by atoms with van der Waals surface area (Å²) in [5, 5.41) is 2.73. The van der Waals surface area contributed by atoms with Crippen LogP contribution in [0.3, 0.4) is 0 Å². The zero-order valence-electron chi connectivity index (χ0n) is 9.82. The molecule has 0 aliphatic carbocycles. The number of amides is 1. The van der Waals surface area contributed by atoms with Crippen LogP contribution in [0.15, 0.2) is 27.4 Å². The molecule has 1 aromatic carbocycles. The maximum absolute atomic E-state index is 11.3. The fraction of sp³-hybridized carbons (Fsp3) is 0.333. The van der Waals surface area contributed by atoms with E-state index in [1.807, 2.05) is 12.1 Å². The number of hydrogen-bond acceptors (Lipinski definition) is 3. The van der Waals surface area contributed by atoms with E-state index >= 15 is 0 Å². The average Bonchev–Trinajstić information content (AvgIpc) is 2.55. The third kappa shape index (κ3) is 2.38. The summed E-state index contributed by atoms with van der Waals surface area (Å²) in [5.41, 5.74) is 2.42. The molecule has 2 rings (SSSR count). The lowest BCUT2D eigenvalue weighted by Gasteiger charge is -2.02. The molecule has 0 aliphatic rings. The molecule has 1 amide bonds. The first kappa shape index (κ1) is 11.4. The smallest absolute Gasteiger partial charge is 0.408 e. The van der Waals surface area contributed by atoms with E-state index in [1.54, 1.807) is 13.1 Å². The number of carbonyl (C=O) groups is 1. The predicted molar refractivity (Wildman–Crippen MR) is 63.8 cm³/mol. The molecule has 90 valence electrons. The second kappa shape index (κ2) is 4.45. The van der Waals surface area contributed by atoms with Gasteiger partial charge in [-0.05, 0) is 24.1 Å². The van der Waals surface area contributed by atoms with E-state index in [-0.39, 0.29) is 11.7 Å². The highest BCUT2D eigenvalue weighted by molar-refractivity contribution is 5.74. The molecule has 0 saturated heterocycles. The number of benzene rings is 1. The molecule has 17 heavy (non-hydrogen) atoms. The van der Waals surface area contributed by atoms with Crippen LogP contribution < -0.4 is 11.1 Å². The fourth-order valence-corrected chi connectivity index (χ4v) is 1.71. The number of oxazole rings is 1. The molecule has 1 aromatic heterocycles. The summed E-state index contributed by atoms with van der Waals surface area (Å²) in [6.07, 6.45) is 0.731. The van der Waals surface area contributed by atoms with Crippen molar-refractivity contribution >= 4 is 17.0 Å². The molecule has 0 spiro atoms. The maximum Gasteiger partial charge on any atom is 0.419 e. The van der Waals surface area contributed by atoms with Gasteiger partial charge in [0.25, 0.3) is 0 Å². The van der Waals surface area contributed by atoms with Crippen LogP contribution in [0.2, 0.25) is 0 Å². The second-order valence-corrected chi connectivity index (χ2v) is 3.96. The van der Waals surface area contributed by atoms with Crippen LogP contribution in [0.25, 0.3) is 11.1 Å². The van der Waals surface area contributed by atoms with Gasteiger partial charge in [-0.2, -0.15) is 0 Å². The molecule has 2 aromatic rings. The van der Waals surface area contributed by atoms with Gasteiger partial charge in [0.1, 0.15) is 0 Å². The number of hydrogen-bond donors (Lipinski definition) is 1. The van der Waals surface area contributed by atoms with Crippen LogP contribution in [-0.2, 0) is 18.3 Å². The van der Waals surface area contributed by atoms with E-state index in [4.69, 9.17) is 4.42 Å². The highest BCUT2D eigenvalue weighted by Crippen LogP contribution is 2.14. The Hall–Kier alpha value is -2.04. The quantitative estimate of drug-likeness (QED) is 0.854. The van der Waals surface area contributed by atoms with Crippen molar-refractivity contribution in [1.82, 2.24) is 9.88 Å². The monoisotopic (exact) mass is 234 g/mol. The number of carbonyl (C=O) groups excluding carboxylic acids is 1. The lowest BCUT2D eigenvalue weighted by atomic mass is 10.1. The molecule has 0 saturated carbocycles. The van der Waals surface area contributed by atoms with Crippen LogP contribution >= 0.6 is 0 Å². The SMILES string of the molecule is CC(=O)NCCc1ccc2oc(=O)n(C)c2c1. The average molecular weight is 234 g/mol. The molecule has 5 heteroatoms. The van der Waals surface area contributed by atoms with Gasteiger partial charge >= 0.3 is 5.76 Å². The Morgan fingerprint density at radius 3 is 2.94 bits per heavy atom. The van der Waals surface area contributed by atoms with E-state index in [2.05, 4.69) is 5.32 Å². The van der Waals surface area contributed by atoms with Crippen LogP contribution in [0.4, 0.5) is 0 Å². The highest BCUT2D eigenvalue weighted by Gasteiger charge is 2.06. The lowest BCUT2D eigenvalue weighted by molar-refractivity contribution is -0.118. The lowest BCUT2D eigenvalue weighted by Crippen LogP contribution is -2.22. The van der Waals surface area contributed by atoms with Crippen LogP contribution in [0.5, 0.6) is 0 Å². The largest absolute Gasteiger partial charge is 0.419 e. The standard InChI is InChI=1S/C12H14N2O3/c1-8(15)13-6-5-9-3-4-11-10(7-9)14(2)12(16)17-11/h3-4,7H,5-6H2,1-2H3,(H,13,15). The summed E-state index contributed by atoms with van der Waals surface area (Å²) in [5.74, 6) is -0.402. The molecule has 5 nitrogen and oxygen atoms in total. The van der Waals surface area contributed by atoms with E-state index < -0.39 is 0 Å². The van der Waals surface area contributed by atoms with Gasteiger partial charge in [0, 0.05) is 20.5 Å². The van der Waals surface area contributed by atoms with Gasteiger partial charge in [-0.3, -0.25) is 9.36 Å². The number of aryl methyl sites for hydroxylation is 1. The molecule has 0 radical (unpaired) electrons. The van der Waals surface area contributed by atoms with Crippen LogP contribution in [0.1, 0.15) is 12.5 Å². The van der Waals surface area contributed by atoms with E-state index in [1.165, 1.54) is 11.5 Å². The van der Waals surface area contributed by atoms with Crippen LogP contribution in [-0.4, -0.2) is 17.0 Å². The topological polar surface area (TPSA) is 64.2 Å². The van der Waals surface area contributed by atoms with Crippen molar-refractivity contribution in [2.24, 2.45) is 7.05 Å². The highest BCUT2D eigenvalue weighted by atomic mass is 16.4. The summed E-state index contributed by atoms with van der Waals surface area (Å²) in [7, 11) is 1.67. The Bertz CT molecular complexity index is 610. The Labute approximate surface area is 98.0 Å². The first-order chi connectivity index (χ1) is 8.08. The van der Waals surface area contributed by atoms with Gasteiger partial charge in [-0.25, -0.2) is 4.79 Å². The predicted octanol–water partition coefficient (Wildman–Crippen LogP) is 0.810. The fourth-order valence-electron chi connectivity index (χ4n) is 1.71. The summed E-state index contributed by atoms with van der Waals surface area (Å²) in [6.45, 7) is 2.08. The van der Waals surface area contributed by atoms with Gasteiger partial charge in [-0.1, -0.05) is 6.07 Å². The molecular weight excluding hydrogens is 220 g/mol. The molecule has 0 unspecified atom stereocenters. The van der Waals surface area contributed by atoms with Crippen molar-refractivity contribution in [2.75, 3.05) is 6.54 Å². The van der Waals surface area contributed by atoms with Gasteiger partial charge in [0.2, 0.25) is 5.91 Å². The minimum Gasteiger partial charge on any atom is -0.408 e. The van der Waals surface area contributed by atoms with Gasteiger partial charge < -0.3 is 9.73 Å². The summed E-state index contributed by atoms with van der Waals surface area (Å²) in [4.78, 5) is 22.0. The van der Waals surface area contributed by atoms with E-state index in [0.717, 1.165) is 17.5 Å². The van der Waals surface area contributed by atoms with Gasteiger partial charge in [-0.15, -0.1) is 0 Å². The molecule has 0 aliphatic heterocycles. The van der Waals surface area contributed by atoms with Crippen molar-refractivity contribution in [2.45, 2.75) is 13.3 Å². The minimum atomic E-state index is -0.362. The van der Waals surface area contributed by atoms with Crippen molar-refractivity contribution < 1.29 is 9.21 Å². The third-order valence-electron chi connectivity index (χ3n) is 2.64. The molecule has 0 fully saturated rings. The first-order valence-corrected chi connectivity index (χ1v) is 5.41. The number of fused-ring (bicyclic) bond motifs is 1. The van der Waals surface area contributed by atoms with Gasteiger partial charge in [0.05, 0.1) is 5.52 Å². The minimum absolute atomic E-state index is 0.0400. The van der Waals surface area contributed by atoms with Crippen molar-refractivity contribution in [3.05, 3.63) is 34.3 Å². The van der Waals surface area contributed by atoms with E-state index in [9.17, 15) is 9.59 Å². The number of aromatic nitrogens is 1. The zero-order valence-corrected chi connectivity index (χ0v) is 9.82. The third-order valence-corrected chi connectivity index (χ3v) is 2.64. The maximum atomic E-state index is 11.3. The number of nitrogens with one attached hydrogen (secondary N) is 1. The van der Waals surface area contributed by atoms with Crippen molar-refractivity contribution in [3.8, 4) is 0 Å². The Morgan fingerprint density at radius 1 is 1.47 bits per heavy atom. The Balaban J connectivity index is 2.22. The summed E-state index contributed by atoms with van der Waals surface area (Å²) >= 11 is 0. The van der Waals surface area contributed by atoms with Gasteiger partial charge in [0.15, 0.2) is 5.58 Å². The second-order valence-electron chi connectivity index (χ2n) is 3.96. The summed E-state index contributed by atoms with van der Waals surface area (Å²) < 4.78 is 6.50. The van der Waals surface area contributed by atoms with Crippen LogP contribution in [0, 0.1) is 0 Å². The molecular formula is C12H14N2O3. The molecule has 1 N–H and O–H groups in total.